The minimum atomic E-state index is -0.149. The molecule has 2 fully saturated rings. The lowest BCUT2D eigenvalue weighted by Gasteiger charge is -2.44. The van der Waals surface area contributed by atoms with Gasteiger partial charge in [-0.3, -0.25) is 14.6 Å². The first-order valence-electron chi connectivity index (χ1n) is 8.22. The third-order valence-electron chi connectivity index (χ3n) is 4.36. The Morgan fingerprint density at radius 3 is 2.48 bits per heavy atom. The van der Waals surface area contributed by atoms with Crippen LogP contribution in [0.3, 0.4) is 0 Å². The number of amides is 1. The maximum absolute atomic E-state index is 12.1. The fraction of sp³-hybridized carbons (Fsp3) is 0.938. The van der Waals surface area contributed by atoms with Crippen LogP contribution in [0.5, 0.6) is 0 Å². The molecule has 2 heterocycles. The third-order valence-corrected chi connectivity index (χ3v) is 4.36. The molecule has 2 rings (SSSR count). The molecule has 0 aliphatic carbocycles. The summed E-state index contributed by atoms with van der Waals surface area (Å²) in [7, 11) is 0. The van der Waals surface area contributed by atoms with Crippen LogP contribution in [-0.4, -0.2) is 72.7 Å². The summed E-state index contributed by atoms with van der Waals surface area (Å²) in [5.74, 6) is 0.133. The van der Waals surface area contributed by atoms with Crippen molar-refractivity contribution >= 4 is 5.91 Å². The van der Waals surface area contributed by atoms with Gasteiger partial charge in [0.15, 0.2) is 0 Å². The molecular formula is C16H31N3O2. The van der Waals surface area contributed by atoms with Crippen LogP contribution >= 0.6 is 0 Å². The van der Waals surface area contributed by atoms with Crippen LogP contribution in [0.25, 0.3) is 0 Å². The molecule has 21 heavy (non-hydrogen) atoms. The van der Waals surface area contributed by atoms with Crippen LogP contribution in [0.4, 0.5) is 0 Å². The predicted octanol–water partition coefficient (Wildman–Crippen LogP) is 1.09. The van der Waals surface area contributed by atoms with Crippen molar-refractivity contribution in [1.29, 1.82) is 0 Å². The molecule has 2 saturated heterocycles. The number of hydrogen-bond donors (Lipinski definition) is 1. The number of piperazine rings is 1. The van der Waals surface area contributed by atoms with E-state index in [1.54, 1.807) is 0 Å². The van der Waals surface area contributed by atoms with Crippen LogP contribution < -0.4 is 5.32 Å². The maximum atomic E-state index is 12.1. The highest BCUT2D eigenvalue weighted by Gasteiger charge is 2.30. The Balaban J connectivity index is 1.79. The summed E-state index contributed by atoms with van der Waals surface area (Å²) in [5, 5.41) is 3.05. The lowest BCUT2D eigenvalue weighted by molar-refractivity contribution is -0.125. The second-order valence-electron chi connectivity index (χ2n) is 7.46. The van der Waals surface area contributed by atoms with Gasteiger partial charge in [0, 0.05) is 50.5 Å². The number of carbonyl (C=O) groups excluding carboxylic acids is 1. The third kappa shape index (κ3) is 5.24. The predicted molar refractivity (Wildman–Crippen MR) is 84.3 cm³/mol. The molecule has 2 aliphatic rings. The van der Waals surface area contributed by atoms with Gasteiger partial charge in [-0.25, -0.2) is 0 Å². The first-order valence-corrected chi connectivity index (χ1v) is 8.22. The van der Waals surface area contributed by atoms with Crippen LogP contribution in [0.1, 0.15) is 40.5 Å². The summed E-state index contributed by atoms with van der Waals surface area (Å²) < 4.78 is 5.45. The van der Waals surface area contributed by atoms with Crippen molar-refractivity contribution in [3.05, 3.63) is 0 Å². The van der Waals surface area contributed by atoms with E-state index < -0.39 is 0 Å². The number of nitrogens with one attached hydrogen (secondary N) is 1. The van der Waals surface area contributed by atoms with E-state index in [9.17, 15) is 4.79 Å². The van der Waals surface area contributed by atoms with Crippen molar-refractivity contribution in [1.82, 2.24) is 15.1 Å². The molecule has 0 bridgehead atoms. The summed E-state index contributed by atoms with van der Waals surface area (Å²) in [6, 6.07) is 1.11. The number of rotatable bonds is 3. The Bertz CT molecular complexity index is 348. The first kappa shape index (κ1) is 16.7. The Kier molecular flexibility index (Phi) is 5.63. The number of hydrogen-bond acceptors (Lipinski definition) is 4. The van der Waals surface area contributed by atoms with Gasteiger partial charge >= 0.3 is 0 Å². The topological polar surface area (TPSA) is 44.8 Å². The minimum absolute atomic E-state index is 0.133. The van der Waals surface area contributed by atoms with E-state index in [-0.39, 0.29) is 11.4 Å². The van der Waals surface area contributed by atoms with Gasteiger partial charge in [0.1, 0.15) is 0 Å². The summed E-state index contributed by atoms with van der Waals surface area (Å²) >= 11 is 0. The van der Waals surface area contributed by atoms with Crippen molar-refractivity contribution in [2.24, 2.45) is 0 Å². The van der Waals surface area contributed by atoms with Gasteiger partial charge in [-0.1, -0.05) is 0 Å². The van der Waals surface area contributed by atoms with E-state index in [4.69, 9.17) is 4.74 Å². The lowest BCUT2D eigenvalue weighted by atomic mass is 10.0. The van der Waals surface area contributed by atoms with Gasteiger partial charge in [0.25, 0.3) is 0 Å². The molecular weight excluding hydrogens is 266 g/mol. The average molecular weight is 297 g/mol. The van der Waals surface area contributed by atoms with E-state index in [0.29, 0.717) is 18.6 Å². The quantitative estimate of drug-likeness (QED) is 0.847. The highest BCUT2D eigenvalue weighted by molar-refractivity contribution is 5.78. The van der Waals surface area contributed by atoms with Crippen LogP contribution in [-0.2, 0) is 9.53 Å². The standard InChI is InChI=1S/C16H31N3O2/c1-13-11-19(14-5-9-21-10-6-14)8-7-18(13)12-15(20)17-16(2,3)4/h13-14H,5-12H2,1-4H3,(H,17,20)/t13-/m0/s1. The normalized spacial score (nSPS) is 26.8. The van der Waals surface area contributed by atoms with Gasteiger partial charge in [-0.05, 0) is 40.5 Å². The van der Waals surface area contributed by atoms with E-state index >= 15 is 0 Å². The second-order valence-corrected chi connectivity index (χ2v) is 7.46. The Morgan fingerprint density at radius 2 is 1.90 bits per heavy atom. The van der Waals surface area contributed by atoms with Crippen LogP contribution in [0.2, 0.25) is 0 Å². The largest absolute Gasteiger partial charge is 0.381 e. The summed E-state index contributed by atoms with van der Waals surface area (Å²) in [4.78, 5) is 17.0. The Labute approximate surface area is 129 Å². The van der Waals surface area contributed by atoms with Crippen molar-refractivity contribution in [2.75, 3.05) is 39.4 Å². The molecule has 1 atom stereocenters. The highest BCUT2D eigenvalue weighted by atomic mass is 16.5. The minimum Gasteiger partial charge on any atom is -0.381 e. The van der Waals surface area contributed by atoms with Crippen LogP contribution in [0.15, 0.2) is 0 Å². The zero-order chi connectivity index (χ0) is 15.5. The zero-order valence-electron chi connectivity index (χ0n) is 14.0. The fourth-order valence-corrected chi connectivity index (χ4v) is 3.28. The molecule has 2 aliphatic heterocycles. The van der Waals surface area contributed by atoms with Crippen molar-refractivity contribution < 1.29 is 9.53 Å². The molecule has 0 spiro atoms. The molecule has 1 amide bonds. The van der Waals surface area contributed by atoms with Crippen molar-refractivity contribution in [2.45, 2.75) is 58.2 Å². The highest BCUT2D eigenvalue weighted by Crippen LogP contribution is 2.19. The van der Waals surface area contributed by atoms with Gasteiger partial charge in [-0.2, -0.15) is 0 Å². The summed E-state index contributed by atoms with van der Waals surface area (Å²) in [5.41, 5.74) is -0.149. The van der Waals surface area contributed by atoms with Crippen molar-refractivity contribution in [3.8, 4) is 0 Å². The molecule has 5 heteroatoms. The van der Waals surface area contributed by atoms with E-state index in [0.717, 1.165) is 45.7 Å². The molecule has 0 radical (unpaired) electrons. The Hall–Kier alpha value is -0.650. The first-order chi connectivity index (χ1) is 9.85. The van der Waals surface area contributed by atoms with Gasteiger partial charge in [0.2, 0.25) is 5.91 Å². The van der Waals surface area contributed by atoms with E-state index in [2.05, 4.69) is 22.0 Å². The number of carbonyl (C=O) groups is 1. The average Bonchev–Trinajstić information content (AvgIpc) is 2.40. The second kappa shape index (κ2) is 7.07. The fourth-order valence-electron chi connectivity index (χ4n) is 3.28. The number of ether oxygens (including phenoxy) is 1. The monoisotopic (exact) mass is 297 g/mol. The smallest absolute Gasteiger partial charge is 0.234 e. The summed E-state index contributed by atoms with van der Waals surface area (Å²) in [6.45, 7) is 13.7. The molecule has 122 valence electrons. The Morgan fingerprint density at radius 1 is 1.24 bits per heavy atom. The van der Waals surface area contributed by atoms with Gasteiger partial charge in [-0.15, -0.1) is 0 Å². The molecule has 0 aromatic carbocycles. The molecule has 0 aromatic rings. The van der Waals surface area contributed by atoms with E-state index in [1.807, 2.05) is 20.8 Å². The molecule has 0 aromatic heterocycles. The van der Waals surface area contributed by atoms with Gasteiger partial charge < -0.3 is 10.1 Å². The van der Waals surface area contributed by atoms with Gasteiger partial charge in [0.05, 0.1) is 6.54 Å². The van der Waals surface area contributed by atoms with Crippen molar-refractivity contribution in [3.63, 3.8) is 0 Å². The molecule has 0 unspecified atom stereocenters. The molecule has 0 saturated carbocycles. The SMILES string of the molecule is C[C@H]1CN(C2CCOCC2)CCN1CC(=O)NC(C)(C)C. The molecule has 1 N–H and O–H groups in total. The molecule has 5 nitrogen and oxygen atoms in total. The maximum Gasteiger partial charge on any atom is 0.234 e. The summed E-state index contributed by atoms with van der Waals surface area (Å²) in [6.07, 6.45) is 2.30. The zero-order valence-corrected chi connectivity index (χ0v) is 14.0. The van der Waals surface area contributed by atoms with E-state index in [1.165, 1.54) is 0 Å². The van der Waals surface area contributed by atoms with Crippen LogP contribution in [0, 0.1) is 0 Å². The number of nitrogens with zero attached hydrogens (tertiary/aromatic N) is 2. The lowest BCUT2D eigenvalue weighted by Crippen LogP contribution is -2.58.